The van der Waals surface area contributed by atoms with E-state index in [1.54, 1.807) is 49.5 Å². The number of rotatable bonds is 9. The Kier molecular flexibility index (Phi) is 7.04. The fourth-order valence-corrected chi connectivity index (χ4v) is 3.43. The van der Waals surface area contributed by atoms with E-state index in [4.69, 9.17) is 14.2 Å². The summed E-state index contributed by atoms with van der Waals surface area (Å²) in [5.41, 5.74) is 0.856. The van der Waals surface area contributed by atoms with E-state index in [1.807, 2.05) is 24.3 Å². The summed E-state index contributed by atoms with van der Waals surface area (Å²) in [5.74, 6) is 1.45. The molecule has 170 valence electrons. The number of anilines is 2. The molecule has 1 amide bonds. The molecule has 1 aliphatic rings. The zero-order valence-corrected chi connectivity index (χ0v) is 18.3. The second kappa shape index (κ2) is 10.5. The maximum absolute atomic E-state index is 13.3. The Labute approximate surface area is 192 Å². The van der Waals surface area contributed by atoms with Crippen LogP contribution in [0, 0.1) is 0 Å². The van der Waals surface area contributed by atoms with Crippen molar-refractivity contribution in [3.05, 3.63) is 72.4 Å². The molecule has 1 N–H and O–H groups in total. The molecule has 4 rings (SSSR count). The van der Waals surface area contributed by atoms with Crippen LogP contribution in [0.4, 0.5) is 11.5 Å². The number of para-hydroxylation sites is 2. The predicted octanol–water partition coefficient (Wildman–Crippen LogP) is 4.28. The second-order valence-electron chi connectivity index (χ2n) is 7.27. The van der Waals surface area contributed by atoms with Crippen LogP contribution in [0.25, 0.3) is 0 Å². The Hall–Kier alpha value is -4.07. The second-order valence-corrected chi connectivity index (χ2v) is 7.27. The molecule has 0 unspecified atom stereocenters. The quantitative estimate of drug-likeness (QED) is 0.387. The molecule has 0 aliphatic carbocycles. The molecule has 2 aromatic carbocycles. The van der Waals surface area contributed by atoms with E-state index in [2.05, 4.69) is 10.3 Å². The van der Waals surface area contributed by atoms with Crippen molar-refractivity contribution >= 4 is 23.4 Å². The number of nitrogens with zero attached hydrogens (tertiary/aromatic N) is 2. The summed E-state index contributed by atoms with van der Waals surface area (Å²) in [5, 5.41) is 3.23. The van der Waals surface area contributed by atoms with Gasteiger partial charge in [0, 0.05) is 18.8 Å². The molecule has 1 aromatic heterocycles. The first-order valence-corrected chi connectivity index (χ1v) is 10.8. The first-order valence-electron chi connectivity index (χ1n) is 10.8. The van der Waals surface area contributed by atoms with Gasteiger partial charge in [0.15, 0.2) is 5.75 Å². The van der Waals surface area contributed by atoms with Crippen LogP contribution in [0.15, 0.2) is 66.9 Å². The Balaban J connectivity index is 1.45. The number of carbonyl (C=O) groups is 2. The molecule has 0 saturated heterocycles. The highest BCUT2D eigenvalue weighted by Crippen LogP contribution is 2.40. The Morgan fingerprint density at radius 1 is 1.09 bits per heavy atom. The molecule has 3 aromatic rings. The topological polar surface area (TPSA) is 90.0 Å². The van der Waals surface area contributed by atoms with Gasteiger partial charge in [0.25, 0.3) is 5.91 Å². The van der Waals surface area contributed by atoms with Crippen molar-refractivity contribution in [1.29, 1.82) is 0 Å². The Bertz CT molecular complexity index is 1120. The van der Waals surface area contributed by atoms with Gasteiger partial charge in [-0.15, -0.1) is 0 Å². The molecule has 2 heterocycles. The van der Waals surface area contributed by atoms with Crippen LogP contribution in [-0.4, -0.2) is 43.2 Å². The fourth-order valence-electron chi connectivity index (χ4n) is 3.43. The number of esters is 1. The van der Waals surface area contributed by atoms with E-state index in [-0.39, 0.29) is 19.1 Å². The zero-order valence-electron chi connectivity index (χ0n) is 18.3. The zero-order chi connectivity index (χ0) is 23.0. The van der Waals surface area contributed by atoms with Gasteiger partial charge in [-0.2, -0.15) is 0 Å². The van der Waals surface area contributed by atoms with Crippen LogP contribution in [0.1, 0.15) is 23.7 Å². The van der Waals surface area contributed by atoms with Crippen LogP contribution in [0.3, 0.4) is 0 Å². The van der Waals surface area contributed by atoms with Gasteiger partial charge in [-0.3, -0.25) is 14.5 Å². The number of ether oxygens (including phenoxy) is 3. The highest BCUT2D eigenvalue weighted by atomic mass is 16.5. The van der Waals surface area contributed by atoms with E-state index in [1.165, 1.54) is 4.90 Å². The van der Waals surface area contributed by atoms with Crippen LogP contribution in [0.2, 0.25) is 0 Å². The Morgan fingerprint density at radius 3 is 2.76 bits per heavy atom. The predicted molar refractivity (Wildman–Crippen MR) is 124 cm³/mol. The van der Waals surface area contributed by atoms with E-state index < -0.39 is 5.97 Å². The van der Waals surface area contributed by atoms with Crippen molar-refractivity contribution in [3.63, 3.8) is 0 Å². The average Bonchev–Trinajstić information content (AvgIpc) is 2.94. The number of carbonyl (C=O) groups excluding carboxylic acids is 2. The minimum Gasteiger partial charge on any atom is -0.493 e. The van der Waals surface area contributed by atoms with Gasteiger partial charge in [-0.1, -0.05) is 18.2 Å². The largest absolute Gasteiger partial charge is 0.493 e. The molecule has 33 heavy (non-hydrogen) atoms. The molecule has 0 saturated carbocycles. The number of amides is 1. The summed E-state index contributed by atoms with van der Waals surface area (Å²) in [6.45, 7) is 2.97. The summed E-state index contributed by atoms with van der Waals surface area (Å²) >= 11 is 0. The van der Waals surface area contributed by atoms with Gasteiger partial charge in [-0.25, -0.2) is 4.98 Å². The summed E-state index contributed by atoms with van der Waals surface area (Å²) in [6.07, 6.45) is 2.51. The molecule has 0 atom stereocenters. The van der Waals surface area contributed by atoms with E-state index in [0.29, 0.717) is 41.7 Å². The van der Waals surface area contributed by atoms with Gasteiger partial charge in [0.05, 0.1) is 24.5 Å². The lowest BCUT2D eigenvalue weighted by atomic mass is 10.1. The average molecular weight is 447 g/mol. The third kappa shape index (κ3) is 5.41. The lowest BCUT2D eigenvalue weighted by molar-refractivity contribution is -0.141. The number of fused-ring (bicyclic) bond motifs is 2. The molecule has 0 radical (unpaired) electrons. The standard InChI is InChI=1S/C25H25N3O5/c1-2-31-24(29)17-28-20-8-3-4-9-21(20)33-22-16-18(11-12-19(22)25(28)30)32-15-7-14-27-23-10-5-6-13-26-23/h3-6,8-13,16H,2,7,14-15,17H2,1H3,(H,26,27). The van der Waals surface area contributed by atoms with Gasteiger partial charge >= 0.3 is 5.97 Å². The first-order chi connectivity index (χ1) is 16.2. The highest BCUT2D eigenvalue weighted by Gasteiger charge is 2.30. The van der Waals surface area contributed by atoms with Gasteiger partial charge in [0.1, 0.15) is 23.9 Å². The molecular formula is C25H25N3O5. The number of benzene rings is 2. The van der Waals surface area contributed by atoms with Gasteiger partial charge in [0.2, 0.25) is 0 Å². The maximum atomic E-state index is 13.3. The van der Waals surface area contributed by atoms with Crippen molar-refractivity contribution < 1.29 is 23.8 Å². The smallest absolute Gasteiger partial charge is 0.326 e. The number of pyridine rings is 1. The van der Waals surface area contributed by atoms with Crippen LogP contribution in [0.5, 0.6) is 17.2 Å². The molecule has 0 fully saturated rings. The van der Waals surface area contributed by atoms with Gasteiger partial charge < -0.3 is 19.5 Å². The third-order valence-corrected chi connectivity index (χ3v) is 4.96. The number of aromatic nitrogens is 1. The molecular weight excluding hydrogens is 422 g/mol. The third-order valence-electron chi connectivity index (χ3n) is 4.96. The normalized spacial score (nSPS) is 12.2. The summed E-state index contributed by atoms with van der Waals surface area (Å²) < 4.78 is 17.0. The highest BCUT2D eigenvalue weighted by molar-refractivity contribution is 6.11. The summed E-state index contributed by atoms with van der Waals surface area (Å²) in [7, 11) is 0. The number of hydrogen-bond donors (Lipinski definition) is 1. The summed E-state index contributed by atoms with van der Waals surface area (Å²) in [4.78, 5) is 31.0. The molecule has 0 bridgehead atoms. The lowest BCUT2D eigenvalue weighted by Gasteiger charge is -2.20. The van der Waals surface area contributed by atoms with E-state index in [0.717, 1.165) is 12.2 Å². The number of hydrogen-bond acceptors (Lipinski definition) is 7. The monoisotopic (exact) mass is 447 g/mol. The van der Waals surface area contributed by atoms with Crippen molar-refractivity contribution in [3.8, 4) is 17.2 Å². The molecule has 8 nitrogen and oxygen atoms in total. The molecule has 8 heteroatoms. The minimum absolute atomic E-state index is 0.200. The van der Waals surface area contributed by atoms with Gasteiger partial charge in [-0.05, 0) is 49.7 Å². The van der Waals surface area contributed by atoms with Crippen LogP contribution >= 0.6 is 0 Å². The lowest BCUT2D eigenvalue weighted by Crippen LogP contribution is -2.36. The van der Waals surface area contributed by atoms with Crippen molar-refractivity contribution in [2.75, 3.05) is 36.5 Å². The van der Waals surface area contributed by atoms with Crippen LogP contribution < -0.4 is 19.7 Å². The maximum Gasteiger partial charge on any atom is 0.326 e. The van der Waals surface area contributed by atoms with Crippen LogP contribution in [-0.2, 0) is 9.53 Å². The summed E-state index contributed by atoms with van der Waals surface area (Å²) in [6, 6.07) is 17.9. The molecule has 0 spiro atoms. The van der Waals surface area contributed by atoms with Crippen molar-refractivity contribution in [2.45, 2.75) is 13.3 Å². The fraction of sp³-hybridized carbons (Fsp3) is 0.240. The molecule has 1 aliphatic heterocycles. The van der Waals surface area contributed by atoms with E-state index in [9.17, 15) is 9.59 Å². The van der Waals surface area contributed by atoms with Crippen molar-refractivity contribution in [2.24, 2.45) is 0 Å². The number of nitrogens with one attached hydrogen (secondary N) is 1. The van der Waals surface area contributed by atoms with Crippen molar-refractivity contribution in [1.82, 2.24) is 4.98 Å². The Morgan fingerprint density at radius 2 is 1.94 bits per heavy atom. The SMILES string of the molecule is CCOC(=O)CN1C(=O)c2ccc(OCCCNc3ccccn3)cc2Oc2ccccc21. The minimum atomic E-state index is -0.483. The first kappa shape index (κ1) is 22.1. The van der Waals surface area contributed by atoms with E-state index >= 15 is 0 Å².